The topological polar surface area (TPSA) is 55.6 Å². The predicted octanol–water partition coefficient (Wildman–Crippen LogP) is 2.21. The summed E-state index contributed by atoms with van der Waals surface area (Å²) < 4.78 is 1.93. The first-order chi connectivity index (χ1) is 9.75. The van der Waals surface area contributed by atoms with Crippen LogP contribution in [-0.2, 0) is 13.6 Å². The zero-order valence-electron chi connectivity index (χ0n) is 11.6. The molecule has 1 unspecified atom stereocenters. The number of hydrogen-bond donors (Lipinski definition) is 1. The van der Waals surface area contributed by atoms with Crippen LogP contribution in [0.3, 0.4) is 0 Å². The Morgan fingerprint density at radius 3 is 2.90 bits per heavy atom. The Balaban J connectivity index is 1.79. The van der Waals surface area contributed by atoms with Crippen molar-refractivity contribution >= 4 is 10.8 Å². The number of nitrogens with one attached hydrogen (secondary N) is 1. The van der Waals surface area contributed by atoms with E-state index >= 15 is 0 Å². The molecule has 0 saturated heterocycles. The third-order valence-corrected chi connectivity index (χ3v) is 3.48. The molecule has 102 valence electrons. The Morgan fingerprint density at radius 1 is 1.25 bits per heavy atom. The zero-order valence-corrected chi connectivity index (χ0v) is 11.6. The van der Waals surface area contributed by atoms with E-state index in [9.17, 15) is 0 Å². The van der Waals surface area contributed by atoms with Gasteiger partial charge in [0.1, 0.15) is 12.2 Å². The van der Waals surface area contributed by atoms with E-state index in [4.69, 9.17) is 0 Å². The highest BCUT2D eigenvalue weighted by atomic mass is 15.3. The van der Waals surface area contributed by atoms with Crippen LogP contribution in [0, 0.1) is 0 Å². The molecule has 3 aromatic rings. The summed E-state index contributed by atoms with van der Waals surface area (Å²) in [4.78, 5) is 4.30. The van der Waals surface area contributed by atoms with Crippen molar-refractivity contribution < 1.29 is 0 Å². The maximum Gasteiger partial charge on any atom is 0.149 e. The van der Waals surface area contributed by atoms with Gasteiger partial charge in [0.2, 0.25) is 0 Å². The summed E-state index contributed by atoms with van der Waals surface area (Å²) in [5.41, 5.74) is 1.19. The molecule has 0 radical (unpaired) electrons. The van der Waals surface area contributed by atoms with E-state index in [-0.39, 0.29) is 6.04 Å². The molecule has 0 aliphatic heterocycles. The molecule has 0 aliphatic rings. The molecule has 0 fully saturated rings. The molecule has 0 saturated carbocycles. The van der Waals surface area contributed by atoms with E-state index in [1.807, 2.05) is 30.1 Å². The van der Waals surface area contributed by atoms with Crippen molar-refractivity contribution in [3.05, 3.63) is 54.4 Å². The van der Waals surface area contributed by atoms with Gasteiger partial charge >= 0.3 is 0 Å². The summed E-state index contributed by atoms with van der Waals surface area (Å²) in [6, 6.07) is 8.43. The molecule has 0 amide bonds. The first-order valence-electron chi connectivity index (χ1n) is 6.64. The van der Waals surface area contributed by atoms with Crippen molar-refractivity contribution in [2.24, 2.45) is 7.05 Å². The number of aromatic nitrogens is 4. The molecular weight excluding hydrogens is 250 g/mol. The lowest BCUT2D eigenvalue weighted by Gasteiger charge is -2.13. The molecule has 1 N–H and O–H groups in total. The van der Waals surface area contributed by atoms with Crippen molar-refractivity contribution in [3.8, 4) is 0 Å². The van der Waals surface area contributed by atoms with E-state index in [1.54, 1.807) is 6.33 Å². The molecule has 20 heavy (non-hydrogen) atoms. The largest absolute Gasteiger partial charge is 0.319 e. The van der Waals surface area contributed by atoms with Gasteiger partial charge in [-0.3, -0.25) is 4.98 Å². The molecule has 5 heteroatoms. The van der Waals surface area contributed by atoms with Gasteiger partial charge in [0.15, 0.2) is 0 Å². The number of pyridine rings is 1. The maximum atomic E-state index is 4.30. The number of benzene rings is 1. The zero-order chi connectivity index (χ0) is 13.9. The first-order valence-corrected chi connectivity index (χ1v) is 6.64. The van der Waals surface area contributed by atoms with E-state index in [0.717, 1.165) is 17.8 Å². The molecule has 1 aromatic carbocycles. The van der Waals surface area contributed by atoms with E-state index in [1.165, 1.54) is 10.9 Å². The molecule has 3 rings (SSSR count). The third kappa shape index (κ3) is 2.40. The molecule has 2 heterocycles. The summed E-state index contributed by atoms with van der Waals surface area (Å²) >= 11 is 0. The van der Waals surface area contributed by atoms with Gasteiger partial charge in [-0.15, -0.1) is 10.2 Å². The smallest absolute Gasteiger partial charge is 0.149 e. The number of fused-ring (bicyclic) bond motifs is 1. The predicted molar refractivity (Wildman–Crippen MR) is 78.0 cm³/mol. The molecule has 0 spiro atoms. The average Bonchev–Trinajstić information content (AvgIpc) is 2.91. The first kappa shape index (κ1) is 12.7. The van der Waals surface area contributed by atoms with Gasteiger partial charge in [0.25, 0.3) is 0 Å². The highest BCUT2D eigenvalue weighted by Gasteiger charge is 2.11. The van der Waals surface area contributed by atoms with Crippen LogP contribution in [0.2, 0.25) is 0 Å². The minimum Gasteiger partial charge on any atom is -0.319 e. The lowest BCUT2D eigenvalue weighted by atomic mass is 10.1. The fraction of sp³-hybridized carbons (Fsp3) is 0.267. The number of nitrogens with zero attached hydrogens (tertiary/aromatic N) is 4. The van der Waals surface area contributed by atoms with E-state index in [0.29, 0.717) is 0 Å². The van der Waals surface area contributed by atoms with Crippen LogP contribution in [0.15, 0.2) is 43.0 Å². The Labute approximate surface area is 117 Å². The van der Waals surface area contributed by atoms with Crippen LogP contribution in [-0.4, -0.2) is 19.7 Å². The van der Waals surface area contributed by atoms with E-state index in [2.05, 4.69) is 45.6 Å². The van der Waals surface area contributed by atoms with Gasteiger partial charge in [0, 0.05) is 31.4 Å². The van der Waals surface area contributed by atoms with Crippen LogP contribution < -0.4 is 5.32 Å². The monoisotopic (exact) mass is 267 g/mol. The van der Waals surface area contributed by atoms with Crippen molar-refractivity contribution in [3.63, 3.8) is 0 Å². The number of hydrogen-bond acceptors (Lipinski definition) is 4. The highest BCUT2D eigenvalue weighted by Crippen LogP contribution is 2.18. The average molecular weight is 267 g/mol. The minimum atomic E-state index is 0.140. The van der Waals surface area contributed by atoms with Crippen LogP contribution in [0.25, 0.3) is 10.8 Å². The standard InChI is InChI=1S/C15H17N5/c1-11(15-19-18-10-20(15)2)17-9-13-8-16-7-12-5-3-4-6-14(12)13/h3-8,10-11,17H,9H2,1-2H3. The molecule has 5 nitrogen and oxygen atoms in total. The quantitative estimate of drug-likeness (QED) is 0.787. The van der Waals surface area contributed by atoms with Crippen LogP contribution >= 0.6 is 0 Å². The van der Waals surface area contributed by atoms with Crippen molar-refractivity contribution in [2.75, 3.05) is 0 Å². The molecular formula is C15H17N5. The van der Waals surface area contributed by atoms with Gasteiger partial charge in [-0.1, -0.05) is 24.3 Å². The van der Waals surface area contributed by atoms with E-state index < -0.39 is 0 Å². The number of aryl methyl sites for hydroxylation is 1. The van der Waals surface area contributed by atoms with Crippen LogP contribution in [0.4, 0.5) is 0 Å². The molecule has 1 atom stereocenters. The van der Waals surface area contributed by atoms with Crippen molar-refractivity contribution in [2.45, 2.75) is 19.5 Å². The molecule has 0 aliphatic carbocycles. The Hall–Kier alpha value is -2.27. The van der Waals surface area contributed by atoms with Gasteiger partial charge in [0.05, 0.1) is 6.04 Å². The van der Waals surface area contributed by atoms with Crippen LogP contribution in [0.5, 0.6) is 0 Å². The summed E-state index contributed by atoms with van der Waals surface area (Å²) in [6.07, 6.45) is 5.52. The van der Waals surface area contributed by atoms with Crippen molar-refractivity contribution in [1.29, 1.82) is 0 Å². The fourth-order valence-corrected chi connectivity index (χ4v) is 2.36. The van der Waals surface area contributed by atoms with Gasteiger partial charge < -0.3 is 9.88 Å². The Morgan fingerprint density at radius 2 is 2.10 bits per heavy atom. The van der Waals surface area contributed by atoms with Gasteiger partial charge in [-0.05, 0) is 17.9 Å². The summed E-state index contributed by atoms with van der Waals surface area (Å²) in [6.45, 7) is 2.84. The Kier molecular flexibility index (Phi) is 3.43. The maximum absolute atomic E-state index is 4.30. The normalized spacial score (nSPS) is 12.7. The highest BCUT2D eigenvalue weighted by molar-refractivity contribution is 5.84. The third-order valence-electron chi connectivity index (χ3n) is 3.48. The van der Waals surface area contributed by atoms with Gasteiger partial charge in [-0.25, -0.2) is 0 Å². The summed E-state index contributed by atoms with van der Waals surface area (Å²) in [5.74, 6) is 0.929. The van der Waals surface area contributed by atoms with Gasteiger partial charge in [-0.2, -0.15) is 0 Å². The lowest BCUT2D eigenvalue weighted by Crippen LogP contribution is -2.21. The SMILES string of the molecule is CC(NCc1cncc2ccccc12)c1nncn1C. The Bertz CT molecular complexity index is 714. The second-order valence-electron chi connectivity index (χ2n) is 4.92. The fourth-order valence-electron chi connectivity index (χ4n) is 2.36. The lowest BCUT2D eigenvalue weighted by molar-refractivity contribution is 0.529. The molecule has 0 bridgehead atoms. The van der Waals surface area contributed by atoms with Crippen LogP contribution in [0.1, 0.15) is 24.4 Å². The minimum absolute atomic E-state index is 0.140. The molecule has 2 aromatic heterocycles. The summed E-state index contributed by atoms with van der Waals surface area (Å²) in [5, 5.41) is 13.9. The number of rotatable bonds is 4. The van der Waals surface area contributed by atoms with Crippen molar-refractivity contribution in [1.82, 2.24) is 25.1 Å². The summed E-state index contributed by atoms with van der Waals surface area (Å²) in [7, 11) is 1.95. The second kappa shape index (κ2) is 5.38. The second-order valence-corrected chi connectivity index (χ2v) is 4.92.